The standard InChI is InChI=1S/C31H31F5N2O5/c1-5-37-29(21-11-18(15-39)7-8-23(21)32)30(42)38-24(14-26(41)43-6-2)22-12-19(9-17(4)28(22)33)27-16(3)10-20(13-25(27)40)31(34,35)36/h5,7-13,24,29,37,39-40H,1,6,14-15H2,2-4H3,(H,38,42)/t24-,29?/m0/s1. The van der Waals surface area contributed by atoms with Crippen molar-refractivity contribution in [3.05, 3.63) is 100 Å². The number of aromatic hydroxyl groups is 1. The van der Waals surface area contributed by atoms with E-state index in [0.29, 0.717) is 11.6 Å². The predicted octanol–water partition coefficient (Wildman–Crippen LogP) is 6.05. The number of rotatable bonds is 11. The molecule has 2 atom stereocenters. The van der Waals surface area contributed by atoms with Crippen molar-refractivity contribution in [1.82, 2.24) is 10.6 Å². The molecule has 0 aromatic heterocycles. The number of amides is 1. The summed E-state index contributed by atoms with van der Waals surface area (Å²) in [5.41, 5.74) is -0.968. The van der Waals surface area contributed by atoms with Gasteiger partial charge in [-0.05, 0) is 85.6 Å². The molecule has 0 saturated carbocycles. The highest BCUT2D eigenvalue weighted by molar-refractivity contribution is 5.85. The average molecular weight is 607 g/mol. The summed E-state index contributed by atoms with van der Waals surface area (Å²) in [6, 6.07) is 4.77. The number of carbonyl (C=O) groups excluding carboxylic acids is 2. The summed E-state index contributed by atoms with van der Waals surface area (Å²) < 4.78 is 75.3. The molecule has 0 saturated heterocycles. The molecule has 0 spiro atoms. The number of benzene rings is 3. The number of halogens is 5. The lowest BCUT2D eigenvalue weighted by Crippen LogP contribution is -2.39. The lowest BCUT2D eigenvalue weighted by Gasteiger charge is -2.25. The van der Waals surface area contributed by atoms with E-state index in [2.05, 4.69) is 17.2 Å². The first kappa shape index (κ1) is 33.1. The lowest BCUT2D eigenvalue weighted by molar-refractivity contribution is -0.144. The first-order valence-electron chi connectivity index (χ1n) is 13.1. The van der Waals surface area contributed by atoms with Crippen LogP contribution < -0.4 is 10.6 Å². The first-order chi connectivity index (χ1) is 20.2. The van der Waals surface area contributed by atoms with Crippen LogP contribution in [0.5, 0.6) is 5.75 Å². The molecule has 1 amide bonds. The first-order valence-corrected chi connectivity index (χ1v) is 13.1. The molecule has 4 N–H and O–H groups in total. The van der Waals surface area contributed by atoms with Gasteiger partial charge in [-0.15, -0.1) is 0 Å². The molecule has 3 aromatic rings. The normalized spacial score (nSPS) is 12.8. The van der Waals surface area contributed by atoms with E-state index in [1.807, 2.05) is 0 Å². The third kappa shape index (κ3) is 7.69. The van der Waals surface area contributed by atoms with E-state index in [9.17, 15) is 37.4 Å². The Morgan fingerprint density at radius 1 is 1.05 bits per heavy atom. The van der Waals surface area contributed by atoms with Gasteiger partial charge in [-0.25, -0.2) is 8.78 Å². The van der Waals surface area contributed by atoms with Gasteiger partial charge in [0.05, 0.1) is 31.2 Å². The minimum atomic E-state index is -4.72. The number of carbonyl (C=O) groups is 2. The summed E-state index contributed by atoms with van der Waals surface area (Å²) >= 11 is 0. The summed E-state index contributed by atoms with van der Waals surface area (Å²) in [4.78, 5) is 26.1. The number of phenols is 1. The van der Waals surface area contributed by atoms with Crippen LogP contribution in [0.3, 0.4) is 0 Å². The maximum atomic E-state index is 15.7. The molecule has 3 rings (SSSR count). The molecule has 0 radical (unpaired) electrons. The minimum absolute atomic E-state index is 0.00680. The van der Waals surface area contributed by atoms with Gasteiger partial charge in [0.2, 0.25) is 5.91 Å². The number of ether oxygens (including phenoxy) is 1. The van der Waals surface area contributed by atoms with Crippen molar-refractivity contribution in [2.45, 2.75) is 52.1 Å². The van der Waals surface area contributed by atoms with Crippen molar-refractivity contribution in [3.63, 3.8) is 0 Å². The Bertz CT molecular complexity index is 1500. The Morgan fingerprint density at radius 2 is 1.74 bits per heavy atom. The van der Waals surface area contributed by atoms with Crippen LogP contribution in [0.2, 0.25) is 0 Å². The average Bonchev–Trinajstić information content (AvgIpc) is 2.92. The van der Waals surface area contributed by atoms with Gasteiger partial charge in [0, 0.05) is 16.7 Å². The number of aliphatic hydroxyl groups excluding tert-OH is 1. The van der Waals surface area contributed by atoms with Crippen molar-refractivity contribution < 1.29 is 46.5 Å². The zero-order valence-electron chi connectivity index (χ0n) is 23.6. The molecule has 43 heavy (non-hydrogen) atoms. The van der Waals surface area contributed by atoms with E-state index in [1.54, 1.807) is 6.92 Å². The molecular weight excluding hydrogens is 575 g/mol. The second kappa shape index (κ2) is 13.7. The Labute approximate surface area is 245 Å². The molecule has 0 fully saturated rings. The number of phenolic OH excluding ortho intramolecular Hbond substituents is 1. The van der Waals surface area contributed by atoms with Crippen molar-refractivity contribution in [3.8, 4) is 16.9 Å². The SMILES string of the molecule is C=CNC(C(=O)N[C@@H](CC(=O)OCC)c1cc(-c2c(C)cc(C(F)(F)F)cc2O)cc(C)c1F)c1cc(CO)ccc1F. The fourth-order valence-corrected chi connectivity index (χ4v) is 4.72. The Balaban J connectivity index is 2.14. The minimum Gasteiger partial charge on any atom is -0.507 e. The van der Waals surface area contributed by atoms with Gasteiger partial charge in [0.1, 0.15) is 23.4 Å². The number of nitrogens with one attached hydrogen (secondary N) is 2. The molecule has 3 aromatic carbocycles. The third-order valence-electron chi connectivity index (χ3n) is 6.68. The number of hydrogen-bond donors (Lipinski definition) is 4. The fraction of sp³-hybridized carbons (Fsp3) is 0.290. The Morgan fingerprint density at radius 3 is 2.33 bits per heavy atom. The molecule has 0 aliphatic heterocycles. The highest BCUT2D eigenvalue weighted by atomic mass is 19.4. The van der Waals surface area contributed by atoms with Crippen molar-refractivity contribution in [2.24, 2.45) is 0 Å². The van der Waals surface area contributed by atoms with E-state index >= 15 is 4.39 Å². The molecule has 0 aliphatic carbocycles. The predicted molar refractivity (Wildman–Crippen MR) is 149 cm³/mol. The van der Waals surface area contributed by atoms with Crippen LogP contribution in [0.15, 0.2) is 55.2 Å². The zero-order valence-corrected chi connectivity index (χ0v) is 23.6. The van der Waals surface area contributed by atoms with Gasteiger partial charge in [0.15, 0.2) is 0 Å². The van der Waals surface area contributed by atoms with Crippen molar-refractivity contribution >= 4 is 11.9 Å². The molecule has 0 aliphatic rings. The van der Waals surface area contributed by atoms with Gasteiger partial charge < -0.3 is 25.6 Å². The van der Waals surface area contributed by atoms with Gasteiger partial charge in [0.25, 0.3) is 0 Å². The zero-order chi connectivity index (χ0) is 32.1. The summed E-state index contributed by atoms with van der Waals surface area (Å²) in [5.74, 6) is -4.01. The van der Waals surface area contributed by atoms with E-state index < -0.39 is 66.1 Å². The molecule has 230 valence electrons. The van der Waals surface area contributed by atoms with Gasteiger partial charge in [-0.2, -0.15) is 13.2 Å². The molecule has 0 heterocycles. The second-order valence-corrected chi connectivity index (χ2v) is 9.77. The van der Waals surface area contributed by atoms with E-state index in [1.165, 1.54) is 38.1 Å². The molecule has 1 unspecified atom stereocenters. The Kier molecular flexibility index (Phi) is 10.5. The summed E-state index contributed by atoms with van der Waals surface area (Å²) in [5, 5.41) is 25.2. The van der Waals surface area contributed by atoms with Crippen LogP contribution in [0.1, 0.15) is 58.8 Å². The van der Waals surface area contributed by atoms with Crippen LogP contribution >= 0.6 is 0 Å². The highest BCUT2D eigenvalue weighted by Crippen LogP contribution is 2.41. The molecule has 0 bridgehead atoms. The lowest BCUT2D eigenvalue weighted by atomic mass is 9.91. The molecule has 12 heteroatoms. The molecular formula is C31H31F5N2O5. The number of esters is 1. The van der Waals surface area contributed by atoms with Crippen LogP contribution in [0.25, 0.3) is 11.1 Å². The van der Waals surface area contributed by atoms with Crippen LogP contribution in [-0.2, 0) is 27.1 Å². The Hall–Kier alpha value is -4.45. The third-order valence-corrected chi connectivity index (χ3v) is 6.68. The van der Waals surface area contributed by atoms with E-state index in [4.69, 9.17) is 4.74 Å². The topological polar surface area (TPSA) is 108 Å². The van der Waals surface area contributed by atoms with Crippen LogP contribution in [0.4, 0.5) is 22.0 Å². The maximum absolute atomic E-state index is 15.7. The van der Waals surface area contributed by atoms with E-state index in [-0.39, 0.29) is 40.0 Å². The maximum Gasteiger partial charge on any atom is 0.416 e. The number of alkyl halides is 3. The number of hydrogen-bond acceptors (Lipinski definition) is 6. The molecule has 7 nitrogen and oxygen atoms in total. The largest absolute Gasteiger partial charge is 0.507 e. The number of aryl methyl sites for hydroxylation is 2. The van der Waals surface area contributed by atoms with Gasteiger partial charge in [-0.3, -0.25) is 9.59 Å². The van der Waals surface area contributed by atoms with Crippen molar-refractivity contribution in [2.75, 3.05) is 6.61 Å². The van der Waals surface area contributed by atoms with Gasteiger partial charge in [-0.1, -0.05) is 12.6 Å². The quantitative estimate of drug-likeness (QED) is 0.156. The smallest absolute Gasteiger partial charge is 0.416 e. The monoisotopic (exact) mass is 606 g/mol. The summed E-state index contributed by atoms with van der Waals surface area (Å²) in [6.07, 6.45) is -4.14. The second-order valence-electron chi connectivity index (χ2n) is 9.77. The van der Waals surface area contributed by atoms with Crippen LogP contribution in [-0.4, -0.2) is 28.7 Å². The number of aliphatic hydroxyl groups is 1. The summed E-state index contributed by atoms with van der Waals surface area (Å²) in [6.45, 7) is 7.33. The fourth-order valence-electron chi connectivity index (χ4n) is 4.72. The highest BCUT2D eigenvalue weighted by Gasteiger charge is 2.33. The van der Waals surface area contributed by atoms with Crippen molar-refractivity contribution in [1.29, 1.82) is 0 Å². The van der Waals surface area contributed by atoms with Gasteiger partial charge >= 0.3 is 12.1 Å². The summed E-state index contributed by atoms with van der Waals surface area (Å²) in [7, 11) is 0. The van der Waals surface area contributed by atoms with E-state index in [0.717, 1.165) is 18.3 Å². The van der Waals surface area contributed by atoms with Crippen LogP contribution in [0, 0.1) is 25.5 Å².